The number of nitrogens with zero attached hydrogens (tertiary/aromatic N) is 1. The van der Waals surface area contributed by atoms with Gasteiger partial charge in [0.2, 0.25) is 0 Å². The first-order chi connectivity index (χ1) is 9.41. The highest BCUT2D eigenvalue weighted by molar-refractivity contribution is 8.00. The van der Waals surface area contributed by atoms with E-state index in [-0.39, 0.29) is 0 Å². The summed E-state index contributed by atoms with van der Waals surface area (Å²) in [5.41, 5.74) is 7.04. The van der Waals surface area contributed by atoms with Gasteiger partial charge in [0.15, 0.2) is 0 Å². The lowest BCUT2D eigenvalue weighted by Crippen LogP contribution is -2.59. The first-order valence-electron chi connectivity index (χ1n) is 8.48. The van der Waals surface area contributed by atoms with Gasteiger partial charge >= 0.3 is 0 Å². The third-order valence-corrected chi connectivity index (χ3v) is 7.16. The number of rotatable bonds is 3. The van der Waals surface area contributed by atoms with Crippen molar-refractivity contribution in [1.29, 1.82) is 0 Å². The van der Waals surface area contributed by atoms with Crippen molar-refractivity contribution >= 4 is 11.8 Å². The van der Waals surface area contributed by atoms with Gasteiger partial charge in [0.05, 0.1) is 0 Å². The van der Waals surface area contributed by atoms with E-state index in [1.54, 1.807) is 0 Å². The topological polar surface area (TPSA) is 29.3 Å². The standard InChI is InChI=1S/C17H34N2S/c1-5-15-12-19(10-11-20-15)17(13-18)8-6-14(7-9-17)16(2,3)4/h14-15H,5-13,18H2,1-4H3. The monoisotopic (exact) mass is 298 g/mol. The highest BCUT2D eigenvalue weighted by atomic mass is 32.2. The third-order valence-electron chi connectivity index (χ3n) is 5.79. The van der Waals surface area contributed by atoms with Crippen LogP contribution in [0.3, 0.4) is 0 Å². The maximum atomic E-state index is 6.26. The lowest BCUT2D eigenvalue weighted by Gasteiger charge is -2.51. The zero-order chi connectivity index (χ0) is 14.8. The molecule has 1 saturated carbocycles. The molecule has 1 aliphatic heterocycles. The smallest absolute Gasteiger partial charge is 0.0332 e. The molecular formula is C17H34N2S. The molecule has 1 atom stereocenters. The van der Waals surface area contributed by atoms with E-state index in [1.807, 2.05) is 0 Å². The molecule has 118 valence electrons. The summed E-state index contributed by atoms with van der Waals surface area (Å²) in [4.78, 5) is 2.76. The lowest BCUT2D eigenvalue weighted by molar-refractivity contribution is 0.0230. The molecule has 0 radical (unpaired) electrons. The Morgan fingerprint density at radius 1 is 1.25 bits per heavy atom. The summed E-state index contributed by atoms with van der Waals surface area (Å²) >= 11 is 2.16. The number of hydrogen-bond donors (Lipinski definition) is 1. The molecule has 0 aromatic rings. The second kappa shape index (κ2) is 6.58. The molecule has 0 aromatic carbocycles. The lowest BCUT2D eigenvalue weighted by atomic mass is 9.66. The molecule has 2 aliphatic rings. The Labute approximate surface area is 130 Å². The average Bonchev–Trinajstić information content (AvgIpc) is 2.46. The predicted molar refractivity (Wildman–Crippen MR) is 91.3 cm³/mol. The zero-order valence-electron chi connectivity index (χ0n) is 14.0. The van der Waals surface area contributed by atoms with E-state index in [2.05, 4.69) is 44.4 Å². The van der Waals surface area contributed by atoms with Gasteiger partial charge in [0.25, 0.3) is 0 Å². The van der Waals surface area contributed by atoms with E-state index in [0.717, 1.165) is 17.7 Å². The Morgan fingerprint density at radius 2 is 1.90 bits per heavy atom. The van der Waals surface area contributed by atoms with Crippen LogP contribution in [0.5, 0.6) is 0 Å². The van der Waals surface area contributed by atoms with E-state index < -0.39 is 0 Å². The van der Waals surface area contributed by atoms with Crippen LogP contribution >= 0.6 is 11.8 Å². The summed E-state index contributed by atoms with van der Waals surface area (Å²) in [5, 5.41) is 0.826. The predicted octanol–water partition coefficient (Wildman–Crippen LogP) is 3.75. The van der Waals surface area contributed by atoms with Crippen LogP contribution in [-0.2, 0) is 0 Å². The van der Waals surface area contributed by atoms with Crippen LogP contribution in [0.1, 0.15) is 59.8 Å². The number of thioether (sulfide) groups is 1. The highest BCUT2D eigenvalue weighted by Crippen LogP contribution is 2.44. The van der Waals surface area contributed by atoms with Gasteiger partial charge in [-0.1, -0.05) is 27.7 Å². The Bertz CT molecular complexity index is 303. The summed E-state index contributed by atoms with van der Waals surface area (Å²) in [6.45, 7) is 12.9. The highest BCUT2D eigenvalue weighted by Gasteiger charge is 2.42. The van der Waals surface area contributed by atoms with E-state index in [4.69, 9.17) is 5.73 Å². The van der Waals surface area contributed by atoms with Gasteiger partial charge in [0.1, 0.15) is 0 Å². The SMILES string of the molecule is CCC1CN(C2(CN)CCC(C(C)(C)C)CC2)CCS1. The quantitative estimate of drug-likeness (QED) is 0.860. The van der Waals surface area contributed by atoms with Crippen molar-refractivity contribution in [1.82, 2.24) is 4.90 Å². The van der Waals surface area contributed by atoms with Crippen LogP contribution in [0.25, 0.3) is 0 Å². The van der Waals surface area contributed by atoms with Crippen molar-refractivity contribution in [2.75, 3.05) is 25.4 Å². The molecule has 2 nitrogen and oxygen atoms in total. The molecule has 20 heavy (non-hydrogen) atoms. The van der Waals surface area contributed by atoms with Crippen LogP contribution in [-0.4, -0.2) is 41.1 Å². The van der Waals surface area contributed by atoms with Crippen molar-refractivity contribution in [2.24, 2.45) is 17.1 Å². The second-order valence-corrected chi connectivity index (χ2v) is 9.32. The maximum absolute atomic E-state index is 6.26. The molecule has 1 unspecified atom stereocenters. The maximum Gasteiger partial charge on any atom is 0.0332 e. The Balaban J connectivity index is 2.01. The fraction of sp³-hybridized carbons (Fsp3) is 1.00. The summed E-state index contributed by atoms with van der Waals surface area (Å²) < 4.78 is 0. The minimum absolute atomic E-state index is 0.316. The van der Waals surface area contributed by atoms with Gasteiger partial charge in [-0.05, 0) is 43.4 Å². The molecule has 3 heteroatoms. The van der Waals surface area contributed by atoms with Crippen LogP contribution in [0.2, 0.25) is 0 Å². The second-order valence-electron chi connectivity index (χ2n) is 7.92. The number of nitrogens with two attached hydrogens (primary N) is 1. The van der Waals surface area contributed by atoms with Gasteiger partial charge in [-0.25, -0.2) is 0 Å². The molecule has 1 heterocycles. The van der Waals surface area contributed by atoms with Crippen molar-refractivity contribution in [2.45, 2.75) is 70.6 Å². The molecule has 1 saturated heterocycles. The fourth-order valence-corrected chi connectivity index (χ4v) is 5.25. The van der Waals surface area contributed by atoms with Crippen molar-refractivity contribution in [3.8, 4) is 0 Å². The van der Waals surface area contributed by atoms with Gasteiger partial charge < -0.3 is 5.73 Å². The third kappa shape index (κ3) is 3.53. The molecule has 1 aliphatic carbocycles. The first kappa shape index (κ1) is 16.6. The Morgan fingerprint density at radius 3 is 2.40 bits per heavy atom. The van der Waals surface area contributed by atoms with Crippen LogP contribution in [0, 0.1) is 11.3 Å². The van der Waals surface area contributed by atoms with Gasteiger partial charge in [0, 0.05) is 36.2 Å². The average molecular weight is 299 g/mol. The molecule has 2 N–H and O–H groups in total. The molecule has 2 rings (SSSR count). The Hall–Kier alpha value is 0.270. The van der Waals surface area contributed by atoms with E-state index in [9.17, 15) is 0 Å². The zero-order valence-corrected chi connectivity index (χ0v) is 14.8. The molecule has 0 aromatic heterocycles. The van der Waals surface area contributed by atoms with Crippen LogP contribution < -0.4 is 5.73 Å². The molecular weight excluding hydrogens is 264 g/mol. The van der Waals surface area contributed by atoms with Gasteiger partial charge in [-0.2, -0.15) is 11.8 Å². The fourth-order valence-electron chi connectivity index (χ4n) is 4.07. The first-order valence-corrected chi connectivity index (χ1v) is 9.53. The normalized spacial score (nSPS) is 37.0. The summed E-state index contributed by atoms with van der Waals surface area (Å²) in [5.74, 6) is 2.17. The van der Waals surface area contributed by atoms with Gasteiger partial charge in [-0.15, -0.1) is 0 Å². The molecule has 0 spiro atoms. The number of hydrogen-bond acceptors (Lipinski definition) is 3. The molecule has 0 bridgehead atoms. The van der Waals surface area contributed by atoms with Crippen molar-refractivity contribution in [3.63, 3.8) is 0 Å². The summed E-state index contributed by atoms with van der Waals surface area (Å²) in [6, 6.07) is 0. The van der Waals surface area contributed by atoms with E-state index in [1.165, 1.54) is 50.9 Å². The summed E-state index contributed by atoms with van der Waals surface area (Å²) in [6.07, 6.45) is 6.65. The van der Waals surface area contributed by atoms with Crippen molar-refractivity contribution < 1.29 is 0 Å². The largest absolute Gasteiger partial charge is 0.329 e. The molecule has 0 amide bonds. The van der Waals surface area contributed by atoms with Gasteiger partial charge in [-0.3, -0.25) is 4.90 Å². The Kier molecular flexibility index (Phi) is 5.47. The van der Waals surface area contributed by atoms with Crippen molar-refractivity contribution in [3.05, 3.63) is 0 Å². The minimum Gasteiger partial charge on any atom is -0.329 e. The van der Waals surface area contributed by atoms with E-state index >= 15 is 0 Å². The van der Waals surface area contributed by atoms with E-state index in [0.29, 0.717) is 11.0 Å². The van der Waals surface area contributed by atoms with Crippen LogP contribution in [0.15, 0.2) is 0 Å². The summed E-state index contributed by atoms with van der Waals surface area (Å²) in [7, 11) is 0. The molecule has 2 fully saturated rings. The minimum atomic E-state index is 0.316. The van der Waals surface area contributed by atoms with Crippen LogP contribution in [0.4, 0.5) is 0 Å².